The molecule has 3 atom stereocenters. The molecule has 0 aliphatic carbocycles. The molecule has 0 aromatic rings. The first kappa shape index (κ1) is 9.48. The van der Waals surface area contributed by atoms with Crippen molar-refractivity contribution in [3.8, 4) is 0 Å². The number of carbonyl (C=O) groups excluding carboxylic acids is 1. The molecule has 0 bridgehead atoms. The average molecular weight is 172 g/mol. The van der Waals surface area contributed by atoms with E-state index in [0.29, 0.717) is 6.61 Å². The summed E-state index contributed by atoms with van der Waals surface area (Å²) in [7, 11) is 0. The monoisotopic (exact) mass is 172 g/mol. The van der Waals surface area contributed by atoms with Crippen LogP contribution in [0.4, 0.5) is 0 Å². The molecule has 4 heteroatoms. The van der Waals surface area contributed by atoms with E-state index in [9.17, 15) is 4.79 Å². The minimum absolute atomic E-state index is 0.120. The molecule has 3 unspecified atom stereocenters. The summed E-state index contributed by atoms with van der Waals surface area (Å²) >= 11 is 0. The van der Waals surface area contributed by atoms with Crippen molar-refractivity contribution >= 4 is 5.91 Å². The molecule has 1 rings (SSSR count). The number of nitrogens with two attached hydrogens (primary N) is 2. The van der Waals surface area contributed by atoms with Crippen molar-refractivity contribution in [3.05, 3.63) is 0 Å². The summed E-state index contributed by atoms with van der Waals surface area (Å²) in [5.74, 6) is -0.174. The van der Waals surface area contributed by atoms with Gasteiger partial charge in [-0.1, -0.05) is 6.92 Å². The van der Waals surface area contributed by atoms with E-state index in [2.05, 4.69) is 0 Å². The third-order valence-corrected chi connectivity index (χ3v) is 2.73. The Morgan fingerprint density at radius 1 is 1.67 bits per heavy atom. The minimum atomic E-state index is -0.550. The molecule has 1 amide bonds. The summed E-state index contributed by atoms with van der Waals surface area (Å²) in [5, 5.41) is 0. The number of amides is 1. The summed E-state index contributed by atoms with van der Waals surface area (Å²) in [4.78, 5) is 10.7. The predicted molar refractivity (Wildman–Crippen MR) is 45.3 cm³/mol. The van der Waals surface area contributed by atoms with Crippen molar-refractivity contribution in [2.45, 2.75) is 31.9 Å². The molecule has 0 aromatic carbocycles. The van der Waals surface area contributed by atoms with E-state index in [1.54, 1.807) is 0 Å². The fraction of sp³-hybridized carbons (Fsp3) is 0.875. The number of rotatable bonds is 2. The highest BCUT2D eigenvalue weighted by molar-refractivity contribution is 5.75. The van der Waals surface area contributed by atoms with Crippen molar-refractivity contribution in [2.75, 3.05) is 6.61 Å². The van der Waals surface area contributed by atoms with Gasteiger partial charge in [0.25, 0.3) is 0 Å². The second-order valence-corrected chi connectivity index (χ2v) is 3.68. The summed E-state index contributed by atoms with van der Waals surface area (Å²) in [5.41, 5.74) is 10.5. The Bertz CT molecular complexity index is 195. The Kier molecular flexibility index (Phi) is 2.39. The predicted octanol–water partition coefficient (Wildman–Crippen LogP) is -0.386. The molecule has 4 N–H and O–H groups in total. The number of ether oxygens (including phenoxy) is 1. The zero-order valence-electron chi connectivity index (χ0n) is 7.54. The lowest BCUT2D eigenvalue weighted by molar-refractivity contribution is -0.119. The van der Waals surface area contributed by atoms with Crippen molar-refractivity contribution < 1.29 is 9.53 Å². The van der Waals surface area contributed by atoms with E-state index in [4.69, 9.17) is 16.2 Å². The topological polar surface area (TPSA) is 78.3 Å². The molecule has 1 fully saturated rings. The molecule has 0 radical (unpaired) electrons. The Morgan fingerprint density at radius 2 is 2.25 bits per heavy atom. The van der Waals surface area contributed by atoms with Crippen LogP contribution < -0.4 is 11.5 Å². The third-order valence-electron chi connectivity index (χ3n) is 2.73. The third kappa shape index (κ3) is 1.59. The van der Waals surface area contributed by atoms with E-state index in [0.717, 1.165) is 0 Å². The molecule has 70 valence electrons. The standard InChI is InChI=1S/C8H16N2O2/c1-5-6(2)12-4-8(5,10)3-7(9)11/h5-6H,3-4,10H2,1-2H3,(H2,9,11). The Balaban J connectivity index is 2.65. The normalized spacial score (nSPS) is 41.6. The Labute approximate surface area is 72.2 Å². The summed E-state index contributed by atoms with van der Waals surface area (Å²) in [6, 6.07) is 0. The van der Waals surface area contributed by atoms with Gasteiger partial charge in [-0.25, -0.2) is 0 Å². The molecular weight excluding hydrogens is 156 g/mol. The van der Waals surface area contributed by atoms with Crippen LogP contribution in [0.5, 0.6) is 0 Å². The van der Waals surface area contributed by atoms with Gasteiger partial charge in [0.15, 0.2) is 0 Å². The van der Waals surface area contributed by atoms with Crippen molar-refractivity contribution in [3.63, 3.8) is 0 Å². The van der Waals surface area contributed by atoms with E-state index in [-0.39, 0.29) is 24.3 Å². The highest BCUT2D eigenvalue weighted by atomic mass is 16.5. The van der Waals surface area contributed by atoms with Crippen LogP contribution in [0.1, 0.15) is 20.3 Å². The lowest BCUT2D eigenvalue weighted by Crippen LogP contribution is -2.49. The fourth-order valence-corrected chi connectivity index (χ4v) is 1.57. The van der Waals surface area contributed by atoms with Gasteiger partial charge in [0.2, 0.25) is 5.91 Å². The van der Waals surface area contributed by atoms with Crippen LogP contribution >= 0.6 is 0 Å². The lowest BCUT2D eigenvalue weighted by atomic mass is 9.83. The van der Waals surface area contributed by atoms with Crippen LogP contribution in [-0.4, -0.2) is 24.2 Å². The van der Waals surface area contributed by atoms with Gasteiger partial charge in [0, 0.05) is 12.3 Å². The lowest BCUT2D eigenvalue weighted by Gasteiger charge is -2.26. The van der Waals surface area contributed by atoms with Gasteiger partial charge < -0.3 is 16.2 Å². The van der Waals surface area contributed by atoms with Crippen LogP contribution in [0.3, 0.4) is 0 Å². The molecule has 1 saturated heterocycles. The smallest absolute Gasteiger partial charge is 0.219 e. The summed E-state index contributed by atoms with van der Waals surface area (Å²) < 4.78 is 5.35. The zero-order valence-corrected chi connectivity index (χ0v) is 7.54. The van der Waals surface area contributed by atoms with E-state index in [1.165, 1.54) is 0 Å². The van der Waals surface area contributed by atoms with Crippen LogP contribution in [-0.2, 0) is 9.53 Å². The van der Waals surface area contributed by atoms with Gasteiger partial charge in [-0.2, -0.15) is 0 Å². The van der Waals surface area contributed by atoms with Gasteiger partial charge >= 0.3 is 0 Å². The van der Waals surface area contributed by atoms with Gasteiger partial charge in [-0.15, -0.1) is 0 Å². The van der Waals surface area contributed by atoms with E-state index in [1.807, 2.05) is 13.8 Å². The van der Waals surface area contributed by atoms with Crippen molar-refractivity contribution in [1.82, 2.24) is 0 Å². The van der Waals surface area contributed by atoms with E-state index < -0.39 is 5.54 Å². The van der Waals surface area contributed by atoms with Crippen LogP contribution in [0.2, 0.25) is 0 Å². The van der Waals surface area contributed by atoms with E-state index >= 15 is 0 Å². The van der Waals surface area contributed by atoms with Gasteiger partial charge in [-0.05, 0) is 6.92 Å². The zero-order chi connectivity index (χ0) is 9.35. The van der Waals surface area contributed by atoms with Crippen molar-refractivity contribution in [2.24, 2.45) is 17.4 Å². The second kappa shape index (κ2) is 3.03. The maximum atomic E-state index is 10.7. The first-order valence-electron chi connectivity index (χ1n) is 4.14. The summed E-state index contributed by atoms with van der Waals surface area (Å²) in [6.45, 7) is 4.37. The summed E-state index contributed by atoms with van der Waals surface area (Å²) in [6.07, 6.45) is 0.327. The SMILES string of the molecule is CC1OCC(N)(CC(N)=O)C1C. The van der Waals surface area contributed by atoms with Gasteiger partial charge in [-0.3, -0.25) is 4.79 Å². The maximum Gasteiger partial charge on any atom is 0.219 e. The molecule has 4 nitrogen and oxygen atoms in total. The minimum Gasteiger partial charge on any atom is -0.376 e. The Hall–Kier alpha value is -0.610. The largest absolute Gasteiger partial charge is 0.376 e. The second-order valence-electron chi connectivity index (χ2n) is 3.68. The van der Waals surface area contributed by atoms with Crippen molar-refractivity contribution in [1.29, 1.82) is 0 Å². The Morgan fingerprint density at radius 3 is 2.58 bits per heavy atom. The maximum absolute atomic E-state index is 10.7. The van der Waals surface area contributed by atoms with Gasteiger partial charge in [0.1, 0.15) is 0 Å². The van der Waals surface area contributed by atoms with Crippen LogP contribution in [0.15, 0.2) is 0 Å². The number of carbonyl (C=O) groups is 1. The first-order chi connectivity index (χ1) is 5.46. The molecule has 1 aliphatic heterocycles. The molecule has 12 heavy (non-hydrogen) atoms. The number of primary amides is 1. The molecule has 1 heterocycles. The first-order valence-corrected chi connectivity index (χ1v) is 4.14. The quantitative estimate of drug-likeness (QED) is 0.595. The molecule has 0 saturated carbocycles. The fourth-order valence-electron chi connectivity index (χ4n) is 1.57. The number of hydrogen-bond acceptors (Lipinski definition) is 3. The molecule has 0 spiro atoms. The van der Waals surface area contributed by atoms with Crippen LogP contribution in [0, 0.1) is 5.92 Å². The molecule has 1 aliphatic rings. The highest BCUT2D eigenvalue weighted by Crippen LogP contribution is 2.30. The van der Waals surface area contributed by atoms with Gasteiger partial charge in [0.05, 0.1) is 18.2 Å². The molecule has 0 aromatic heterocycles. The average Bonchev–Trinajstić information content (AvgIpc) is 2.16. The van der Waals surface area contributed by atoms with Crippen LogP contribution in [0.25, 0.3) is 0 Å². The highest BCUT2D eigenvalue weighted by Gasteiger charge is 2.43. The molecular formula is C8H16N2O2. The number of hydrogen-bond donors (Lipinski definition) is 2.